The molecule has 0 aliphatic heterocycles. The lowest BCUT2D eigenvalue weighted by Crippen LogP contribution is -2.37. The molecule has 0 fully saturated rings. The van der Waals surface area contributed by atoms with Gasteiger partial charge >= 0.3 is 6.18 Å². The molecule has 0 radical (unpaired) electrons. The first-order valence-electron chi connectivity index (χ1n) is 13.5. The van der Waals surface area contributed by atoms with E-state index in [0.29, 0.717) is 28.8 Å². The molecular formula is C29H33F4N7OS. The fourth-order valence-corrected chi connectivity index (χ4v) is 4.57. The second-order valence-corrected chi connectivity index (χ2v) is 11.2. The van der Waals surface area contributed by atoms with Crippen molar-refractivity contribution in [2.75, 3.05) is 17.9 Å². The van der Waals surface area contributed by atoms with Crippen LogP contribution in [0.1, 0.15) is 45.1 Å². The molecule has 0 aliphatic carbocycles. The standard InChI is InChI=1S/C29H33F4N7OS/c1-28(2,29(31,32)33)19-41-25-13-16-40(38-25)27-26(22-11-7-6-10-20(22)9-5-3-4-8-14-34)37-24(18-36-27)39-42-21-12-15-35-23(30)17-21/h6-7,10-13,15-18H,3-5,8-9,14,19,34H2,1-2H3,(H,37,39). The molecule has 0 bridgehead atoms. The van der Waals surface area contributed by atoms with Gasteiger partial charge in [0.2, 0.25) is 11.8 Å². The molecule has 1 aromatic carbocycles. The highest BCUT2D eigenvalue weighted by molar-refractivity contribution is 8.00. The Labute approximate surface area is 246 Å². The van der Waals surface area contributed by atoms with Crippen LogP contribution in [-0.2, 0) is 6.42 Å². The Bertz CT molecular complexity index is 1460. The molecule has 0 saturated carbocycles. The normalized spacial score (nSPS) is 12.0. The van der Waals surface area contributed by atoms with Gasteiger partial charge in [0.1, 0.15) is 12.3 Å². The Morgan fingerprint density at radius 1 is 1.02 bits per heavy atom. The number of benzene rings is 1. The van der Waals surface area contributed by atoms with Crippen molar-refractivity contribution in [3.8, 4) is 23.0 Å². The molecule has 42 heavy (non-hydrogen) atoms. The highest BCUT2D eigenvalue weighted by Gasteiger charge is 2.48. The molecule has 0 aliphatic rings. The first-order valence-corrected chi connectivity index (χ1v) is 14.3. The molecule has 3 aromatic heterocycles. The second kappa shape index (κ2) is 14.0. The summed E-state index contributed by atoms with van der Waals surface area (Å²) in [5.41, 5.74) is 6.01. The Balaban J connectivity index is 1.64. The number of hydrogen-bond acceptors (Lipinski definition) is 8. The van der Waals surface area contributed by atoms with Crippen molar-refractivity contribution in [2.24, 2.45) is 11.1 Å². The zero-order valence-corrected chi connectivity index (χ0v) is 24.2. The topological polar surface area (TPSA) is 104 Å². The molecule has 0 amide bonds. The number of anilines is 1. The van der Waals surface area contributed by atoms with E-state index in [4.69, 9.17) is 15.5 Å². The molecule has 4 rings (SSSR count). The average Bonchev–Trinajstić information content (AvgIpc) is 3.43. The van der Waals surface area contributed by atoms with Crippen molar-refractivity contribution < 1.29 is 22.3 Å². The molecule has 4 aromatic rings. The van der Waals surface area contributed by atoms with Gasteiger partial charge in [-0.1, -0.05) is 37.1 Å². The molecule has 0 spiro atoms. The van der Waals surface area contributed by atoms with Gasteiger partial charge in [0.25, 0.3) is 0 Å². The fourth-order valence-electron chi connectivity index (χ4n) is 3.96. The second-order valence-electron chi connectivity index (χ2n) is 10.3. The summed E-state index contributed by atoms with van der Waals surface area (Å²) < 4.78 is 63.4. The molecule has 0 unspecified atom stereocenters. The maximum Gasteiger partial charge on any atom is 0.397 e. The number of nitrogens with one attached hydrogen (secondary N) is 1. The van der Waals surface area contributed by atoms with Crippen molar-refractivity contribution in [1.82, 2.24) is 24.7 Å². The number of unbranched alkanes of at least 4 members (excludes halogenated alkanes) is 3. The molecule has 0 atom stereocenters. The molecule has 13 heteroatoms. The van der Waals surface area contributed by atoms with Crippen molar-refractivity contribution in [2.45, 2.75) is 57.0 Å². The lowest BCUT2D eigenvalue weighted by Gasteiger charge is -2.26. The van der Waals surface area contributed by atoms with Crippen LogP contribution in [0.25, 0.3) is 17.1 Å². The monoisotopic (exact) mass is 603 g/mol. The van der Waals surface area contributed by atoms with Crippen LogP contribution in [0, 0.1) is 11.4 Å². The largest absolute Gasteiger partial charge is 0.476 e. The van der Waals surface area contributed by atoms with Crippen LogP contribution in [0.15, 0.2) is 66.0 Å². The van der Waals surface area contributed by atoms with Crippen molar-refractivity contribution in [3.63, 3.8) is 0 Å². The van der Waals surface area contributed by atoms with Crippen LogP contribution < -0.4 is 15.2 Å². The zero-order chi connectivity index (χ0) is 30.2. The number of rotatable bonds is 14. The Hall–Kier alpha value is -3.71. The smallest absolute Gasteiger partial charge is 0.397 e. The third-order valence-corrected chi connectivity index (χ3v) is 7.33. The Morgan fingerprint density at radius 2 is 1.81 bits per heavy atom. The van der Waals surface area contributed by atoms with Crippen LogP contribution in [0.4, 0.5) is 23.4 Å². The van der Waals surface area contributed by atoms with Gasteiger partial charge in [0.05, 0.1) is 11.6 Å². The van der Waals surface area contributed by atoms with Crippen LogP contribution >= 0.6 is 11.9 Å². The van der Waals surface area contributed by atoms with E-state index < -0.39 is 24.1 Å². The molecule has 3 heterocycles. The number of hydrogen-bond donors (Lipinski definition) is 2. The quantitative estimate of drug-likeness (QED) is 0.0687. The average molecular weight is 604 g/mol. The van der Waals surface area contributed by atoms with E-state index in [9.17, 15) is 17.6 Å². The fraction of sp³-hybridized carbons (Fsp3) is 0.379. The Kier molecular flexibility index (Phi) is 10.4. The maximum atomic E-state index is 13.6. The summed E-state index contributed by atoms with van der Waals surface area (Å²) in [6, 6.07) is 12.3. The summed E-state index contributed by atoms with van der Waals surface area (Å²) in [5.74, 6) is 0.232. The Morgan fingerprint density at radius 3 is 2.57 bits per heavy atom. The van der Waals surface area contributed by atoms with E-state index in [-0.39, 0.29) is 5.88 Å². The molecule has 3 N–H and O–H groups in total. The lowest BCUT2D eigenvalue weighted by atomic mass is 9.94. The van der Waals surface area contributed by atoms with Gasteiger partial charge in [-0.05, 0) is 63.2 Å². The minimum Gasteiger partial charge on any atom is -0.476 e. The SMILES string of the molecule is CC(C)(COc1ccn(-c2ncc(NSc3ccnc(F)c3)nc2-c2ccccc2CCCCCCN)n1)C(F)(F)F. The number of nitrogens with two attached hydrogens (primary N) is 1. The minimum atomic E-state index is -4.43. The van der Waals surface area contributed by atoms with E-state index in [1.165, 1.54) is 29.2 Å². The van der Waals surface area contributed by atoms with Crippen molar-refractivity contribution in [3.05, 3.63) is 72.6 Å². The highest BCUT2D eigenvalue weighted by Crippen LogP contribution is 2.38. The van der Waals surface area contributed by atoms with E-state index in [1.807, 2.05) is 24.3 Å². The van der Waals surface area contributed by atoms with Crippen LogP contribution in [0.5, 0.6) is 5.88 Å². The van der Waals surface area contributed by atoms with Crippen LogP contribution in [0.3, 0.4) is 0 Å². The predicted molar refractivity (Wildman–Crippen MR) is 155 cm³/mol. The number of ether oxygens (including phenoxy) is 1. The molecule has 0 saturated heterocycles. The van der Waals surface area contributed by atoms with Gasteiger partial charge in [-0.3, -0.25) is 0 Å². The molecule has 8 nitrogen and oxygen atoms in total. The third kappa shape index (κ3) is 8.19. The van der Waals surface area contributed by atoms with Gasteiger partial charge < -0.3 is 15.2 Å². The number of alkyl halides is 3. The first-order chi connectivity index (χ1) is 20.1. The van der Waals surface area contributed by atoms with Crippen LogP contribution in [0.2, 0.25) is 0 Å². The highest BCUT2D eigenvalue weighted by atomic mass is 32.2. The third-order valence-electron chi connectivity index (χ3n) is 6.53. The summed E-state index contributed by atoms with van der Waals surface area (Å²) in [7, 11) is 0. The predicted octanol–water partition coefficient (Wildman–Crippen LogP) is 7.01. The lowest BCUT2D eigenvalue weighted by molar-refractivity contribution is -0.219. The van der Waals surface area contributed by atoms with E-state index in [2.05, 4.69) is 19.8 Å². The molecule has 224 valence electrons. The van der Waals surface area contributed by atoms with E-state index in [0.717, 1.165) is 69.0 Å². The number of pyridine rings is 1. The van der Waals surface area contributed by atoms with Gasteiger partial charge in [0, 0.05) is 35.0 Å². The van der Waals surface area contributed by atoms with E-state index in [1.54, 1.807) is 12.3 Å². The van der Waals surface area contributed by atoms with Crippen LogP contribution in [-0.4, -0.2) is 44.1 Å². The number of halogens is 4. The number of aryl methyl sites for hydroxylation is 1. The summed E-state index contributed by atoms with van der Waals surface area (Å²) >= 11 is 1.16. The summed E-state index contributed by atoms with van der Waals surface area (Å²) in [4.78, 5) is 13.6. The minimum absolute atomic E-state index is 0.0331. The zero-order valence-electron chi connectivity index (χ0n) is 23.4. The summed E-state index contributed by atoms with van der Waals surface area (Å²) in [5, 5.41) is 4.35. The maximum absolute atomic E-state index is 13.6. The van der Waals surface area contributed by atoms with Crippen molar-refractivity contribution >= 4 is 17.8 Å². The number of nitrogens with zero attached hydrogens (tertiary/aromatic N) is 5. The van der Waals surface area contributed by atoms with E-state index >= 15 is 0 Å². The van der Waals surface area contributed by atoms with Gasteiger partial charge in [0.15, 0.2) is 11.6 Å². The van der Waals surface area contributed by atoms with Gasteiger partial charge in [-0.25, -0.2) is 19.6 Å². The van der Waals surface area contributed by atoms with Gasteiger partial charge in [-0.2, -0.15) is 17.6 Å². The summed E-state index contributed by atoms with van der Waals surface area (Å²) in [6.45, 7) is 2.23. The molecular weight excluding hydrogens is 570 g/mol. The van der Waals surface area contributed by atoms with Crippen molar-refractivity contribution in [1.29, 1.82) is 0 Å². The first kappa shape index (κ1) is 31.2. The summed E-state index contributed by atoms with van der Waals surface area (Å²) in [6.07, 6.45) is 4.88. The number of aromatic nitrogens is 5. The van der Waals surface area contributed by atoms with Gasteiger partial charge in [-0.15, -0.1) is 5.10 Å².